The largest absolute Gasteiger partial charge is 0.138 e. The first kappa shape index (κ1) is 12.2. The van der Waals surface area contributed by atoms with Crippen molar-refractivity contribution in [1.29, 1.82) is 0 Å². The Labute approximate surface area is 126 Å². The molecule has 0 saturated carbocycles. The first-order chi connectivity index (χ1) is 10.4. The van der Waals surface area contributed by atoms with Gasteiger partial charge in [-0.3, -0.25) is 0 Å². The van der Waals surface area contributed by atoms with Gasteiger partial charge in [0.15, 0.2) is 0 Å². The van der Waals surface area contributed by atoms with E-state index < -0.39 is 0 Å². The zero-order chi connectivity index (χ0) is 14.2. The third kappa shape index (κ3) is 1.93. The van der Waals surface area contributed by atoms with Gasteiger partial charge < -0.3 is 0 Å². The number of benzene rings is 4. The van der Waals surface area contributed by atoms with Crippen molar-refractivity contribution in [2.24, 2.45) is 0 Å². The zero-order valence-electron chi connectivity index (χ0n) is 11.9. The molecule has 21 heavy (non-hydrogen) atoms. The molecule has 0 aliphatic rings. The van der Waals surface area contributed by atoms with Crippen LogP contribution in [-0.2, 0) is 0 Å². The molecule has 0 unspecified atom stereocenters. The van der Waals surface area contributed by atoms with E-state index in [9.17, 15) is 0 Å². The summed E-state index contributed by atoms with van der Waals surface area (Å²) in [6, 6.07) is 23.9. The van der Waals surface area contributed by atoms with Gasteiger partial charge in [0, 0.05) is 10.9 Å². The molecule has 4 aromatic carbocycles. The van der Waals surface area contributed by atoms with Crippen LogP contribution in [0.2, 0.25) is 0 Å². The second kappa shape index (κ2) is 4.77. The SMILES string of the molecule is [SiH3]C#Cc1cccc2ccc3cc4ccccc4cc3c12. The van der Waals surface area contributed by atoms with Crippen LogP contribution in [0.4, 0.5) is 0 Å². The first-order valence-electron chi connectivity index (χ1n) is 7.14. The molecule has 0 atom stereocenters. The van der Waals surface area contributed by atoms with Crippen molar-refractivity contribution in [2.75, 3.05) is 0 Å². The minimum Gasteiger partial charge on any atom is -0.138 e. The van der Waals surface area contributed by atoms with E-state index in [1.807, 2.05) is 0 Å². The van der Waals surface area contributed by atoms with E-state index in [-0.39, 0.29) is 0 Å². The molecule has 0 saturated heterocycles. The molecule has 0 fully saturated rings. The maximum atomic E-state index is 3.30. The Hall–Kier alpha value is -2.56. The van der Waals surface area contributed by atoms with Crippen LogP contribution in [0, 0.1) is 11.5 Å². The fourth-order valence-corrected chi connectivity index (χ4v) is 3.31. The highest BCUT2D eigenvalue weighted by Crippen LogP contribution is 2.31. The molecular weight excluding hydrogens is 268 g/mol. The van der Waals surface area contributed by atoms with E-state index in [2.05, 4.69) is 78.2 Å². The van der Waals surface area contributed by atoms with Crippen LogP contribution in [0.5, 0.6) is 0 Å². The van der Waals surface area contributed by atoms with E-state index in [1.165, 1.54) is 32.3 Å². The summed E-state index contributed by atoms with van der Waals surface area (Å²) in [5.41, 5.74) is 4.31. The monoisotopic (exact) mass is 282 g/mol. The highest BCUT2D eigenvalue weighted by Gasteiger charge is 2.05. The first-order valence-corrected chi connectivity index (χ1v) is 8.14. The maximum Gasteiger partial charge on any atom is 0.0911 e. The van der Waals surface area contributed by atoms with Crippen molar-refractivity contribution in [1.82, 2.24) is 0 Å². The van der Waals surface area contributed by atoms with Crippen LogP contribution in [0.1, 0.15) is 5.56 Å². The lowest BCUT2D eigenvalue weighted by Crippen LogP contribution is -1.84. The van der Waals surface area contributed by atoms with Gasteiger partial charge in [-0.25, -0.2) is 0 Å². The van der Waals surface area contributed by atoms with Gasteiger partial charge in [0.1, 0.15) is 0 Å². The van der Waals surface area contributed by atoms with Crippen molar-refractivity contribution in [3.05, 3.63) is 72.3 Å². The Morgan fingerprint density at radius 2 is 1.38 bits per heavy atom. The van der Waals surface area contributed by atoms with E-state index >= 15 is 0 Å². The highest BCUT2D eigenvalue weighted by atomic mass is 28.1. The predicted molar refractivity (Wildman–Crippen MR) is 95.8 cm³/mol. The topological polar surface area (TPSA) is 0 Å². The number of rotatable bonds is 0. The molecule has 0 radical (unpaired) electrons. The smallest absolute Gasteiger partial charge is 0.0911 e. The maximum absolute atomic E-state index is 3.30. The van der Waals surface area contributed by atoms with Crippen LogP contribution in [0.25, 0.3) is 32.3 Å². The molecular formula is C20H14Si. The van der Waals surface area contributed by atoms with Gasteiger partial charge in [0.2, 0.25) is 0 Å². The lowest BCUT2D eigenvalue weighted by Gasteiger charge is -2.08. The van der Waals surface area contributed by atoms with E-state index in [0.717, 1.165) is 15.8 Å². The van der Waals surface area contributed by atoms with Crippen LogP contribution >= 0.6 is 0 Å². The van der Waals surface area contributed by atoms with E-state index in [1.54, 1.807) is 0 Å². The molecule has 0 heterocycles. The molecule has 1 heteroatoms. The Morgan fingerprint density at radius 3 is 2.19 bits per heavy atom. The summed E-state index contributed by atoms with van der Waals surface area (Å²) in [5, 5.41) is 7.70. The van der Waals surface area contributed by atoms with Gasteiger partial charge >= 0.3 is 0 Å². The minimum absolute atomic E-state index is 0.906. The molecule has 4 aromatic rings. The van der Waals surface area contributed by atoms with Crippen LogP contribution in [-0.4, -0.2) is 10.2 Å². The standard InChI is InChI=1S/C20H14Si/c21-11-10-15-7-3-6-14-8-9-18-12-16-4-1-2-5-17(16)13-19(18)20(14)15/h1-9,12-13H,21H3. The number of hydrogen-bond donors (Lipinski definition) is 0. The summed E-state index contributed by atoms with van der Waals surface area (Å²) in [6.45, 7) is 0. The van der Waals surface area contributed by atoms with Gasteiger partial charge in [0.25, 0.3) is 0 Å². The molecule has 98 valence electrons. The number of fused-ring (bicyclic) bond motifs is 4. The van der Waals surface area contributed by atoms with E-state index in [0.29, 0.717) is 0 Å². The van der Waals surface area contributed by atoms with Crippen molar-refractivity contribution in [3.8, 4) is 11.5 Å². The lowest BCUT2D eigenvalue weighted by molar-refractivity contribution is 1.73. The highest BCUT2D eigenvalue weighted by molar-refractivity contribution is 6.23. The Morgan fingerprint density at radius 1 is 0.667 bits per heavy atom. The van der Waals surface area contributed by atoms with Gasteiger partial charge in [0.05, 0.1) is 10.2 Å². The third-order valence-corrected chi connectivity index (χ3v) is 4.24. The van der Waals surface area contributed by atoms with Gasteiger partial charge in [-0.15, -0.1) is 5.54 Å². The fraction of sp³-hybridized carbons (Fsp3) is 0. The van der Waals surface area contributed by atoms with Crippen molar-refractivity contribution in [3.63, 3.8) is 0 Å². The van der Waals surface area contributed by atoms with Gasteiger partial charge in [-0.1, -0.05) is 54.5 Å². The Kier molecular flexibility index (Phi) is 2.77. The normalized spacial score (nSPS) is 10.9. The van der Waals surface area contributed by atoms with Crippen LogP contribution in [0.3, 0.4) is 0 Å². The molecule has 0 nitrogen and oxygen atoms in total. The Balaban J connectivity index is 2.25. The molecule has 0 amide bonds. The number of hydrogen-bond acceptors (Lipinski definition) is 0. The molecule has 0 spiro atoms. The van der Waals surface area contributed by atoms with Crippen LogP contribution in [0.15, 0.2) is 66.7 Å². The van der Waals surface area contributed by atoms with Crippen LogP contribution < -0.4 is 0 Å². The predicted octanol–water partition coefficient (Wildman–Crippen LogP) is 3.82. The average molecular weight is 282 g/mol. The minimum atomic E-state index is 0.906. The summed E-state index contributed by atoms with van der Waals surface area (Å²) in [7, 11) is 0.906. The van der Waals surface area contributed by atoms with Crippen molar-refractivity contribution < 1.29 is 0 Å². The summed E-state index contributed by atoms with van der Waals surface area (Å²) < 4.78 is 0. The summed E-state index contributed by atoms with van der Waals surface area (Å²) in [6.07, 6.45) is 0. The van der Waals surface area contributed by atoms with E-state index in [4.69, 9.17) is 0 Å². The zero-order valence-corrected chi connectivity index (χ0v) is 13.9. The molecule has 0 bridgehead atoms. The average Bonchev–Trinajstić information content (AvgIpc) is 2.53. The second-order valence-corrected chi connectivity index (χ2v) is 5.76. The molecule has 0 aromatic heterocycles. The molecule has 0 aliphatic carbocycles. The third-order valence-electron chi connectivity index (χ3n) is 3.99. The molecule has 0 aliphatic heterocycles. The lowest BCUT2D eigenvalue weighted by atomic mass is 9.95. The summed E-state index contributed by atoms with van der Waals surface area (Å²) in [4.78, 5) is 0. The fourth-order valence-electron chi connectivity index (χ4n) is 3.04. The van der Waals surface area contributed by atoms with Crippen molar-refractivity contribution >= 4 is 42.6 Å². The molecule has 0 N–H and O–H groups in total. The Bertz CT molecular complexity index is 1050. The molecule has 4 rings (SSSR count). The summed E-state index contributed by atoms with van der Waals surface area (Å²) in [5.74, 6) is 3.30. The van der Waals surface area contributed by atoms with Crippen molar-refractivity contribution in [2.45, 2.75) is 0 Å². The second-order valence-electron chi connectivity index (χ2n) is 5.26. The van der Waals surface area contributed by atoms with Gasteiger partial charge in [-0.2, -0.15) is 0 Å². The quantitative estimate of drug-likeness (QED) is 0.199. The summed E-state index contributed by atoms with van der Waals surface area (Å²) >= 11 is 0. The van der Waals surface area contributed by atoms with Gasteiger partial charge in [-0.05, 0) is 45.1 Å².